The predicted molar refractivity (Wildman–Crippen MR) is 128 cm³/mol. The first-order valence-electron chi connectivity index (χ1n) is 10.8. The van der Waals surface area contributed by atoms with E-state index in [0.29, 0.717) is 42.3 Å². The maximum atomic E-state index is 13.0. The Morgan fingerprint density at radius 1 is 0.970 bits per heavy atom. The third kappa shape index (κ3) is 3.89. The van der Waals surface area contributed by atoms with E-state index in [9.17, 15) is 4.79 Å². The summed E-state index contributed by atoms with van der Waals surface area (Å²) in [4.78, 5) is 15.1. The van der Waals surface area contributed by atoms with E-state index in [4.69, 9.17) is 18.6 Å². The lowest BCUT2D eigenvalue weighted by Crippen LogP contribution is -2.32. The zero-order valence-electron chi connectivity index (χ0n) is 18.9. The van der Waals surface area contributed by atoms with E-state index < -0.39 is 0 Å². The number of anilines is 1. The van der Waals surface area contributed by atoms with Crippen LogP contribution in [0, 0.1) is 6.92 Å². The third-order valence-electron chi connectivity index (χ3n) is 6.17. The molecule has 3 aromatic carbocycles. The summed E-state index contributed by atoms with van der Waals surface area (Å²) in [5, 5.41) is 0.924. The van der Waals surface area contributed by atoms with Crippen LogP contribution in [0.2, 0.25) is 0 Å². The average Bonchev–Trinajstić information content (AvgIpc) is 2.86. The average molecular weight is 443 g/mol. The highest BCUT2D eigenvalue weighted by atomic mass is 16.5. The Kier molecular flexibility index (Phi) is 5.42. The van der Waals surface area contributed by atoms with Crippen molar-refractivity contribution in [3.05, 3.63) is 93.3 Å². The summed E-state index contributed by atoms with van der Waals surface area (Å²) in [6, 6.07) is 19.6. The molecule has 1 aliphatic heterocycles. The van der Waals surface area contributed by atoms with E-state index in [1.165, 1.54) is 0 Å². The molecule has 2 heterocycles. The van der Waals surface area contributed by atoms with E-state index in [1.807, 2.05) is 67.6 Å². The van der Waals surface area contributed by atoms with Crippen LogP contribution in [-0.2, 0) is 13.0 Å². The minimum Gasteiger partial charge on any atom is -0.497 e. The van der Waals surface area contributed by atoms with Crippen LogP contribution in [-0.4, -0.2) is 21.0 Å². The fourth-order valence-corrected chi connectivity index (χ4v) is 4.31. The topological polar surface area (TPSA) is 61.1 Å². The van der Waals surface area contributed by atoms with Crippen molar-refractivity contribution in [1.29, 1.82) is 0 Å². The molecule has 33 heavy (non-hydrogen) atoms. The van der Waals surface area contributed by atoms with Crippen molar-refractivity contribution in [2.24, 2.45) is 0 Å². The fourth-order valence-electron chi connectivity index (χ4n) is 4.31. The number of ether oxygens (including phenoxy) is 3. The van der Waals surface area contributed by atoms with Crippen molar-refractivity contribution in [2.75, 3.05) is 25.9 Å². The quantitative estimate of drug-likeness (QED) is 0.402. The van der Waals surface area contributed by atoms with E-state index in [1.54, 1.807) is 14.2 Å². The van der Waals surface area contributed by atoms with Crippen LogP contribution in [0.5, 0.6) is 17.2 Å². The Morgan fingerprint density at radius 2 is 1.70 bits per heavy atom. The molecule has 4 aromatic rings. The molecule has 0 N–H and O–H groups in total. The number of nitrogens with zero attached hydrogens (tertiary/aromatic N) is 1. The van der Waals surface area contributed by atoms with Gasteiger partial charge in [0.15, 0.2) is 6.73 Å². The van der Waals surface area contributed by atoms with Gasteiger partial charge in [-0.05, 0) is 30.2 Å². The van der Waals surface area contributed by atoms with Crippen LogP contribution in [0.25, 0.3) is 11.0 Å². The molecule has 1 aromatic heterocycles. The number of hydrogen-bond donors (Lipinski definition) is 0. The fraction of sp³-hybridized carbons (Fsp3) is 0.222. The summed E-state index contributed by atoms with van der Waals surface area (Å²) in [5.41, 5.74) is 4.71. The second-order valence-electron chi connectivity index (χ2n) is 8.12. The molecule has 0 amide bonds. The smallest absolute Gasteiger partial charge is 0.340 e. The third-order valence-corrected chi connectivity index (χ3v) is 6.17. The monoisotopic (exact) mass is 443 g/mol. The second kappa shape index (κ2) is 8.54. The Hall–Kier alpha value is -3.93. The molecule has 0 atom stereocenters. The number of hydrogen-bond acceptors (Lipinski definition) is 6. The summed E-state index contributed by atoms with van der Waals surface area (Å²) >= 11 is 0. The standard InChI is InChI=1S/C27H25NO5/c1-17-22-9-10-25-24(26(22)33-27(29)23(17)11-18-7-5-4-6-8-18)15-28(16-32-25)19-12-20(30-2)14-21(13-19)31-3/h4-10,12-14H,11,15-16H2,1-3H3. The Balaban J connectivity index is 1.56. The van der Waals surface area contributed by atoms with Gasteiger partial charge in [0.1, 0.15) is 22.8 Å². The van der Waals surface area contributed by atoms with E-state index in [-0.39, 0.29) is 5.63 Å². The lowest BCUT2D eigenvalue weighted by molar-refractivity contribution is 0.288. The van der Waals surface area contributed by atoms with Crippen LogP contribution < -0.4 is 24.7 Å². The van der Waals surface area contributed by atoms with Crippen LogP contribution in [0.1, 0.15) is 22.3 Å². The minimum absolute atomic E-state index is 0.308. The van der Waals surface area contributed by atoms with Gasteiger partial charge in [0.2, 0.25) is 0 Å². The van der Waals surface area contributed by atoms with Crippen LogP contribution in [0.4, 0.5) is 5.69 Å². The van der Waals surface area contributed by atoms with Gasteiger partial charge in [-0.25, -0.2) is 4.79 Å². The molecule has 0 fully saturated rings. The number of methoxy groups -OCH3 is 2. The molecule has 0 saturated heterocycles. The van der Waals surface area contributed by atoms with Gasteiger partial charge in [0.05, 0.1) is 26.3 Å². The van der Waals surface area contributed by atoms with Crippen LogP contribution in [0.3, 0.4) is 0 Å². The molecule has 0 bridgehead atoms. The van der Waals surface area contributed by atoms with Gasteiger partial charge in [-0.15, -0.1) is 0 Å². The lowest BCUT2D eigenvalue weighted by Gasteiger charge is -2.31. The molecule has 5 rings (SSSR count). The largest absolute Gasteiger partial charge is 0.497 e. The maximum absolute atomic E-state index is 13.0. The van der Waals surface area contributed by atoms with Crippen molar-refractivity contribution in [3.8, 4) is 17.2 Å². The first-order chi connectivity index (χ1) is 16.1. The van der Waals surface area contributed by atoms with Gasteiger partial charge >= 0.3 is 5.63 Å². The lowest BCUT2D eigenvalue weighted by atomic mass is 9.97. The number of fused-ring (bicyclic) bond motifs is 3. The highest BCUT2D eigenvalue weighted by molar-refractivity contribution is 5.86. The first kappa shape index (κ1) is 20.9. The van der Waals surface area contributed by atoms with Crippen molar-refractivity contribution >= 4 is 16.7 Å². The summed E-state index contributed by atoms with van der Waals surface area (Å²) in [6.45, 7) is 2.88. The summed E-state index contributed by atoms with van der Waals surface area (Å²) in [5.74, 6) is 2.12. The van der Waals surface area contributed by atoms with E-state index in [2.05, 4.69) is 4.90 Å². The SMILES string of the molecule is COc1cc(OC)cc(N2COc3ccc4c(C)c(Cc5ccccc5)c(=O)oc4c3C2)c1. The van der Waals surface area contributed by atoms with Gasteiger partial charge in [-0.1, -0.05) is 30.3 Å². The highest BCUT2D eigenvalue weighted by Crippen LogP contribution is 2.37. The molecule has 6 heteroatoms. The van der Waals surface area contributed by atoms with Crippen LogP contribution in [0.15, 0.2) is 69.9 Å². The predicted octanol–water partition coefficient (Wildman–Crippen LogP) is 5.07. The van der Waals surface area contributed by atoms with Crippen LogP contribution >= 0.6 is 0 Å². The van der Waals surface area contributed by atoms with Gasteiger partial charge in [-0.3, -0.25) is 0 Å². The minimum atomic E-state index is -0.308. The molecule has 0 aliphatic carbocycles. The molecule has 6 nitrogen and oxygen atoms in total. The zero-order chi connectivity index (χ0) is 22.9. The maximum Gasteiger partial charge on any atom is 0.340 e. The van der Waals surface area contributed by atoms with Gasteiger partial charge in [-0.2, -0.15) is 0 Å². The van der Waals surface area contributed by atoms with Crippen molar-refractivity contribution in [1.82, 2.24) is 0 Å². The van der Waals surface area contributed by atoms with Gasteiger partial charge in [0, 0.05) is 41.3 Å². The molecule has 0 radical (unpaired) electrons. The van der Waals surface area contributed by atoms with Gasteiger partial charge < -0.3 is 23.5 Å². The Bertz CT molecular complexity index is 1350. The van der Waals surface area contributed by atoms with E-state index in [0.717, 1.165) is 33.5 Å². The van der Waals surface area contributed by atoms with Crippen molar-refractivity contribution in [2.45, 2.75) is 19.9 Å². The second-order valence-corrected chi connectivity index (χ2v) is 8.12. The number of benzene rings is 3. The molecule has 1 aliphatic rings. The zero-order valence-corrected chi connectivity index (χ0v) is 18.9. The molecule has 168 valence electrons. The summed E-state index contributed by atoms with van der Waals surface area (Å²) < 4.78 is 22.8. The molecule has 0 saturated carbocycles. The Morgan fingerprint density at radius 3 is 2.39 bits per heavy atom. The Labute approximate surface area is 191 Å². The van der Waals surface area contributed by atoms with E-state index >= 15 is 0 Å². The normalized spacial score (nSPS) is 12.9. The van der Waals surface area contributed by atoms with Gasteiger partial charge in [0.25, 0.3) is 0 Å². The number of aryl methyl sites for hydroxylation is 1. The molecular formula is C27H25NO5. The molecular weight excluding hydrogens is 418 g/mol. The summed E-state index contributed by atoms with van der Waals surface area (Å²) in [7, 11) is 3.25. The highest BCUT2D eigenvalue weighted by Gasteiger charge is 2.24. The first-order valence-corrected chi connectivity index (χ1v) is 10.8. The molecule has 0 unspecified atom stereocenters. The van der Waals surface area contributed by atoms with Crippen molar-refractivity contribution in [3.63, 3.8) is 0 Å². The summed E-state index contributed by atoms with van der Waals surface area (Å²) in [6.07, 6.45) is 0.536. The van der Waals surface area contributed by atoms with Crippen molar-refractivity contribution < 1.29 is 18.6 Å². The number of rotatable bonds is 5. The molecule has 0 spiro atoms.